The summed E-state index contributed by atoms with van der Waals surface area (Å²) in [5.74, 6) is -1.26. The van der Waals surface area contributed by atoms with E-state index in [9.17, 15) is 24.3 Å². The molecule has 0 saturated heterocycles. The fourth-order valence-electron chi connectivity index (χ4n) is 5.07. The van der Waals surface area contributed by atoms with Gasteiger partial charge in [0.05, 0.1) is 7.11 Å². The Balaban J connectivity index is 1.82. The van der Waals surface area contributed by atoms with E-state index in [0.29, 0.717) is 23.3 Å². The van der Waals surface area contributed by atoms with E-state index in [0.717, 1.165) is 12.8 Å². The molecule has 0 unspecified atom stereocenters. The van der Waals surface area contributed by atoms with Gasteiger partial charge in [-0.15, -0.1) is 0 Å². The number of Topliss-reactive ketones (excluding diaryl/α,β-unsaturated/α-hetero) is 1. The number of methoxy groups -OCH3 is 1. The number of rotatable bonds is 6. The van der Waals surface area contributed by atoms with Gasteiger partial charge in [-0.25, -0.2) is 0 Å². The number of carbonyl (C=O) groups is 3. The van der Waals surface area contributed by atoms with Crippen LogP contribution in [0, 0.1) is 11.3 Å². The van der Waals surface area contributed by atoms with Crippen LogP contribution < -0.4 is 19.6 Å². The van der Waals surface area contributed by atoms with Crippen molar-refractivity contribution in [1.29, 1.82) is 0 Å². The lowest BCUT2D eigenvalue weighted by molar-refractivity contribution is -0.134. The van der Waals surface area contributed by atoms with Crippen molar-refractivity contribution in [1.82, 2.24) is 0 Å². The van der Waals surface area contributed by atoms with Crippen molar-refractivity contribution in [3.05, 3.63) is 46.1 Å². The summed E-state index contributed by atoms with van der Waals surface area (Å²) >= 11 is 0. The molecule has 9 heteroatoms. The Morgan fingerprint density at radius 3 is 2.34 bits per heavy atom. The van der Waals surface area contributed by atoms with Crippen LogP contribution in [0.3, 0.4) is 0 Å². The Bertz CT molecular complexity index is 1500. The summed E-state index contributed by atoms with van der Waals surface area (Å²) in [6.45, 7) is 6.50. The predicted octanol–water partition coefficient (Wildman–Crippen LogP) is 4.96. The number of hydrogen-bond acceptors (Lipinski definition) is 9. The number of benzene rings is 2. The van der Waals surface area contributed by atoms with Gasteiger partial charge in [0, 0.05) is 49.4 Å². The van der Waals surface area contributed by atoms with Gasteiger partial charge in [-0.2, -0.15) is 0 Å². The molecule has 9 nitrogen and oxygen atoms in total. The number of ether oxygens (including phenoxy) is 3. The molecule has 0 bridgehead atoms. The molecule has 1 fully saturated rings. The van der Waals surface area contributed by atoms with E-state index in [-0.39, 0.29) is 57.5 Å². The molecule has 1 saturated carbocycles. The number of esters is 2. The first-order valence-corrected chi connectivity index (χ1v) is 12.3. The maximum absolute atomic E-state index is 13.2. The summed E-state index contributed by atoms with van der Waals surface area (Å²) in [6, 6.07) is 7.11. The molecule has 1 aromatic heterocycles. The molecule has 0 amide bonds. The van der Waals surface area contributed by atoms with Crippen molar-refractivity contribution in [2.24, 2.45) is 11.3 Å². The monoisotopic (exact) mass is 522 g/mol. The van der Waals surface area contributed by atoms with Gasteiger partial charge in [0.25, 0.3) is 0 Å². The molecule has 1 aliphatic rings. The molecule has 4 rings (SSSR count). The normalized spacial score (nSPS) is 16.8. The largest absolute Gasteiger partial charge is 0.507 e. The van der Waals surface area contributed by atoms with E-state index >= 15 is 0 Å². The highest BCUT2D eigenvalue weighted by atomic mass is 16.6. The van der Waals surface area contributed by atoms with Gasteiger partial charge in [-0.3, -0.25) is 19.2 Å². The average Bonchev–Trinajstić information content (AvgIpc) is 2.82. The molecule has 200 valence electrons. The minimum atomic E-state index is -0.627. The van der Waals surface area contributed by atoms with Gasteiger partial charge < -0.3 is 23.7 Å². The van der Waals surface area contributed by atoms with Crippen LogP contribution in [0.25, 0.3) is 22.3 Å². The number of phenolic OH excluding ortho intramolecular Hbond substituents is 1. The SMILES string of the molecule is COc1cc2oc(-c3ccc(OC(C)=O)c(OC(C)=O)c3)cc(=O)c2c(O)c1C[C@H]1C(=O)CCCC1(C)C. The lowest BCUT2D eigenvalue weighted by atomic mass is 9.66. The minimum Gasteiger partial charge on any atom is -0.507 e. The Labute approximate surface area is 219 Å². The van der Waals surface area contributed by atoms with Crippen LogP contribution in [0.4, 0.5) is 0 Å². The lowest BCUT2D eigenvalue weighted by Crippen LogP contribution is -2.36. The first kappa shape index (κ1) is 26.9. The van der Waals surface area contributed by atoms with Crippen molar-refractivity contribution < 1.29 is 38.1 Å². The summed E-state index contributed by atoms with van der Waals surface area (Å²) < 4.78 is 21.8. The zero-order chi connectivity index (χ0) is 27.8. The molecule has 0 aliphatic heterocycles. The zero-order valence-corrected chi connectivity index (χ0v) is 22.0. The van der Waals surface area contributed by atoms with Crippen LogP contribution >= 0.6 is 0 Å². The Morgan fingerprint density at radius 1 is 1.03 bits per heavy atom. The number of aromatic hydroxyl groups is 1. The second-order valence-electron chi connectivity index (χ2n) is 10.2. The van der Waals surface area contributed by atoms with Crippen LogP contribution in [-0.4, -0.2) is 29.9 Å². The third kappa shape index (κ3) is 5.27. The van der Waals surface area contributed by atoms with Crippen LogP contribution in [0.2, 0.25) is 0 Å². The smallest absolute Gasteiger partial charge is 0.308 e. The summed E-state index contributed by atoms with van der Waals surface area (Å²) in [7, 11) is 1.44. The first-order chi connectivity index (χ1) is 17.9. The Hall–Kier alpha value is -4.14. The van der Waals surface area contributed by atoms with Crippen molar-refractivity contribution in [3.63, 3.8) is 0 Å². The molecule has 0 spiro atoms. The average molecular weight is 523 g/mol. The highest BCUT2D eigenvalue weighted by Crippen LogP contribution is 2.45. The van der Waals surface area contributed by atoms with E-state index < -0.39 is 17.4 Å². The van der Waals surface area contributed by atoms with Crippen LogP contribution in [0.15, 0.2) is 39.5 Å². The predicted molar refractivity (Wildman–Crippen MR) is 139 cm³/mol. The third-order valence-corrected chi connectivity index (χ3v) is 7.00. The molecular weight excluding hydrogens is 492 g/mol. The maximum Gasteiger partial charge on any atom is 0.308 e. The van der Waals surface area contributed by atoms with Crippen molar-refractivity contribution >= 4 is 28.7 Å². The van der Waals surface area contributed by atoms with E-state index in [1.165, 1.54) is 51.3 Å². The van der Waals surface area contributed by atoms with Crippen molar-refractivity contribution in [2.45, 2.75) is 53.4 Å². The Morgan fingerprint density at radius 2 is 1.71 bits per heavy atom. The number of ketones is 1. The second kappa shape index (κ2) is 10.3. The molecule has 2 aromatic carbocycles. The van der Waals surface area contributed by atoms with Gasteiger partial charge >= 0.3 is 11.9 Å². The van der Waals surface area contributed by atoms with Gasteiger partial charge in [0.1, 0.15) is 34.0 Å². The molecule has 1 aliphatic carbocycles. The number of carbonyl (C=O) groups excluding carboxylic acids is 3. The zero-order valence-electron chi connectivity index (χ0n) is 22.0. The van der Waals surface area contributed by atoms with Crippen molar-refractivity contribution in [2.75, 3.05) is 7.11 Å². The van der Waals surface area contributed by atoms with Gasteiger partial charge in [-0.1, -0.05) is 13.8 Å². The van der Waals surface area contributed by atoms with Crippen LogP contribution in [-0.2, 0) is 20.8 Å². The minimum absolute atomic E-state index is 0.0246. The number of hydrogen-bond donors (Lipinski definition) is 1. The van der Waals surface area contributed by atoms with Gasteiger partial charge in [0.2, 0.25) is 0 Å². The quantitative estimate of drug-likeness (QED) is 0.352. The molecule has 1 heterocycles. The van der Waals surface area contributed by atoms with Crippen LogP contribution in [0.1, 0.15) is 52.5 Å². The summed E-state index contributed by atoms with van der Waals surface area (Å²) in [4.78, 5) is 49.0. The van der Waals surface area contributed by atoms with E-state index in [1.807, 2.05) is 13.8 Å². The summed E-state index contributed by atoms with van der Waals surface area (Å²) in [6.07, 6.45) is 2.44. The summed E-state index contributed by atoms with van der Waals surface area (Å²) in [5, 5.41) is 11.2. The number of fused-ring (bicyclic) bond motifs is 1. The van der Waals surface area contributed by atoms with Crippen LogP contribution in [0.5, 0.6) is 23.0 Å². The molecule has 3 aromatic rings. The van der Waals surface area contributed by atoms with E-state index in [4.69, 9.17) is 18.6 Å². The van der Waals surface area contributed by atoms with Crippen molar-refractivity contribution in [3.8, 4) is 34.3 Å². The highest BCUT2D eigenvalue weighted by molar-refractivity contribution is 5.89. The molecule has 1 atom stereocenters. The maximum atomic E-state index is 13.2. The fourth-order valence-corrected chi connectivity index (χ4v) is 5.07. The standard InChI is InChI=1S/C29H30O9/c1-15(30)36-22-9-8-17(11-25(22)37-16(2)31)23-13-21(33)27-26(38-23)14-24(35-5)18(28(27)34)12-19-20(32)7-6-10-29(19,3)4/h8-9,11,13-14,19,34H,6-7,10,12H2,1-5H3/t19-/m0/s1. The Kier molecular flexibility index (Phi) is 7.31. The fraction of sp³-hybridized carbons (Fsp3) is 0.379. The third-order valence-electron chi connectivity index (χ3n) is 7.00. The lowest BCUT2D eigenvalue weighted by Gasteiger charge is -2.37. The van der Waals surface area contributed by atoms with Gasteiger partial charge in [-0.05, 0) is 42.9 Å². The topological polar surface area (TPSA) is 129 Å². The van der Waals surface area contributed by atoms with Gasteiger partial charge in [0.15, 0.2) is 16.9 Å². The number of phenols is 1. The highest BCUT2D eigenvalue weighted by Gasteiger charge is 2.39. The molecule has 1 N–H and O–H groups in total. The molecule has 0 radical (unpaired) electrons. The molecule has 38 heavy (non-hydrogen) atoms. The second-order valence-corrected chi connectivity index (χ2v) is 10.2. The first-order valence-electron chi connectivity index (χ1n) is 12.3. The summed E-state index contributed by atoms with van der Waals surface area (Å²) in [5.41, 5.74) is 0.0752. The molecular formula is C29H30O9. The van der Waals surface area contributed by atoms with E-state index in [2.05, 4.69) is 0 Å². The van der Waals surface area contributed by atoms with E-state index in [1.54, 1.807) is 0 Å².